The van der Waals surface area contributed by atoms with Crippen molar-refractivity contribution in [1.82, 2.24) is 4.90 Å². The highest BCUT2D eigenvalue weighted by Crippen LogP contribution is 2.35. The highest BCUT2D eigenvalue weighted by Gasteiger charge is 2.35. The smallest absolute Gasteiger partial charge is 0.293 e. The molecule has 0 saturated carbocycles. The van der Waals surface area contributed by atoms with E-state index in [2.05, 4.69) is 10.2 Å². The molecule has 0 spiro atoms. The van der Waals surface area contributed by atoms with E-state index < -0.39 is 5.91 Å². The zero-order chi connectivity index (χ0) is 24.1. The van der Waals surface area contributed by atoms with E-state index in [4.69, 9.17) is 16.3 Å². The number of hydrogen-bond acceptors (Lipinski definition) is 7. The highest BCUT2D eigenvalue weighted by molar-refractivity contribution is 8.18. The van der Waals surface area contributed by atoms with E-state index in [-0.39, 0.29) is 29.0 Å². The van der Waals surface area contributed by atoms with E-state index in [1.54, 1.807) is 36.4 Å². The molecule has 1 fully saturated rings. The van der Waals surface area contributed by atoms with E-state index in [1.807, 2.05) is 31.2 Å². The lowest BCUT2D eigenvalue weighted by Crippen LogP contribution is -2.32. The maximum atomic E-state index is 12.8. The van der Waals surface area contributed by atoms with Gasteiger partial charge in [-0.15, -0.1) is 0 Å². The van der Waals surface area contributed by atoms with Gasteiger partial charge in [0.1, 0.15) is 18.1 Å². The minimum Gasteiger partial charge on any atom is -0.507 e. The molecule has 1 aliphatic rings. The third-order valence-electron chi connectivity index (χ3n) is 4.87. The first-order valence-electron chi connectivity index (χ1n) is 10.3. The van der Waals surface area contributed by atoms with E-state index in [0.717, 1.165) is 22.2 Å². The number of halogens is 1. The van der Waals surface area contributed by atoms with Crippen LogP contribution in [0, 0.1) is 6.92 Å². The summed E-state index contributed by atoms with van der Waals surface area (Å²) in [4.78, 5) is 26.5. The number of phenolic OH excluding ortho intramolecular Hbond substituents is 1. The van der Waals surface area contributed by atoms with Crippen LogP contribution in [-0.2, 0) is 4.79 Å². The number of azo groups is 1. The van der Waals surface area contributed by atoms with Crippen LogP contribution in [0.15, 0.2) is 81.9 Å². The lowest BCUT2D eigenvalue weighted by Gasteiger charge is -2.13. The van der Waals surface area contributed by atoms with Gasteiger partial charge < -0.3 is 9.84 Å². The summed E-state index contributed by atoms with van der Waals surface area (Å²) in [6, 6.07) is 19.1. The van der Waals surface area contributed by atoms with Crippen LogP contribution in [0.5, 0.6) is 11.5 Å². The number of ether oxygens (including phenoxy) is 1. The van der Waals surface area contributed by atoms with E-state index in [0.29, 0.717) is 27.7 Å². The Balaban J connectivity index is 1.44. The Bertz CT molecular complexity index is 1290. The van der Waals surface area contributed by atoms with E-state index in [1.165, 1.54) is 12.1 Å². The summed E-state index contributed by atoms with van der Waals surface area (Å²) < 4.78 is 5.63. The SMILES string of the molecule is Cc1ccc(OCCN2C(=O)S/C(=C\c3cc(N=Nc4cccc(Cl)c4)ccc3O)C2=O)cc1. The van der Waals surface area contributed by atoms with Crippen LogP contribution < -0.4 is 4.74 Å². The Morgan fingerprint density at radius 2 is 1.76 bits per heavy atom. The molecule has 34 heavy (non-hydrogen) atoms. The Labute approximate surface area is 205 Å². The number of carbonyl (C=O) groups excluding carboxylic acids is 2. The largest absolute Gasteiger partial charge is 0.507 e. The summed E-state index contributed by atoms with van der Waals surface area (Å²) in [7, 11) is 0. The van der Waals surface area contributed by atoms with Crippen molar-refractivity contribution in [2.75, 3.05) is 13.2 Å². The first-order valence-corrected chi connectivity index (χ1v) is 11.5. The number of phenols is 1. The maximum absolute atomic E-state index is 12.8. The molecule has 1 N–H and O–H groups in total. The zero-order valence-corrected chi connectivity index (χ0v) is 19.7. The van der Waals surface area contributed by atoms with Gasteiger partial charge in [-0.1, -0.05) is 35.4 Å². The van der Waals surface area contributed by atoms with Crippen molar-refractivity contribution in [2.45, 2.75) is 6.92 Å². The number of benzene rings is 3. The predicted molar refractivity (Wildman–Crippen MR) is 133 cm³/mol. The lowest BCUT2D eigenvalue weighted by atomic mass is 10.1. The number of carbonyl (C=O) groups is 2. The number of imide groups is 1. The van der Waals surface area contributed by atoms with Gasteiger partial charge in [0.05, 0.1) is 22.8 Å². The fraction of sp³-hybridized carbons (Fsp3) is 0.120. The first kappa shape index (κ1) is 23.5. The molecule has 1 aliphatic heterocycles. The predicted octanol–water partition coefficient (Wildman–Crippen LogP) is 6.88. The Morgan fingerprint density at radius 1 is 1.03 bits per heavy atom. The Morgan fingerprint density at radius 3 is 2.50 bits per heavy atom. The van der Waals surface area contributed by atoms with Crippen molar-refractivity contribution >= 4 is 52.0 Å². The quantitative estimate of drug-likeness (QED) is 0.286. The lowest BCUT2D eigenvalue weighted by molar-refractivity contribution is -0.123. The zero-order valence-electron chi connectivity index (χ0n) is 18.1. The third kappa shape index (κ3) is 5.84. The number of thioether (sulfide) groups is 1. The van der Waals surface area contributed by atoms with Crippen molar-refractivity contribution < 1.29 is 19.4 Å². The Kier molecular flexibility index (Phi) is 7.30. The van der Waals surface area contributed by atoms with Gasteiger partial charge in [0, 0.05) is 10.6 Å². The summed E-state index contributed by atoms with van der Waals surface area (Å²) in [5.74, 6) is 0.186. The van der Waals surface area contributed by atoms with Gasteiger partial charge in [0.2, 0.25) is 0 Å². The number of hydrogen-bond donors (Lipinski definition) is 1. The Hall–Kier alpha value is -3.62. The van der Waals surface area contributed by atoms with Gasteiger partial charge in [-0.2, -0.15) is 10.2 Å². The van der Waals surface area contributed by atoms with Crippen LogP contribution >= 0.6 is 23.4 Å². The molecular formula is C25H20ClN3O4S. The monoisotopic (exact) mass is 493 g/mol. The van der Waals surface area contributed by atoms with Gasteiger partial charge in [-0.3, -0.25) is 14.5 Å². The van der Waals surface area contributed by atoms with Gasteiger partial charge in [0.25, 0.3) is 11.1 Å². The van der Waals surface area contributed by atoms with Crippen molar-refractivity contribution in [3.8, 4) is 11.5 Å². The maximum Gasteiger partial charge on any atom is 0.293 e. The summed E-state index contributed by atoms with van der Waals surface area (Å²) >= 11 is 6.77. The van der Waals surface area contributed by atoms with E-state index >= 15 is 0 Å². The van der Waals surface area contributed by atoms with Crippen molar-refractivity contribution in [2.24, 2.45) is 10.2 Å². The molecule has 0 atom stereocenters. The molecule has 2 amide bonds. The van der Waals surface area contributed by atoms with Crippen LogP contribution in [-0.4, -0.2) is 34.3 Å². The van der Waals surface area contributed by atoms with Gasteiger partial charge in [-0.25, -0.2) is 0 Å². The minimum atomic E-state index is -0.437. The molecule has 0 radical (unpaired) electrons. The second-order valence-electron chi connectivity index (χ2n) is 7.42. The van der Waals surface area contributed by atoms with E-state index in [9.17, 15) is 14.7 Å². The summed E-state index contributed by atoms with van der Waals surface area (Å²) in [6.45, 7) is 2.28. The molecular weight excluding hydrogens is 474 g/mol. The highest BCUT2D eigenvalue weighted by atomic mass is 35.5. The van der Waals surface area contributed by atoms with Crippen molar-refractivity contribution in [3.63, 3.8) is 0 Å². The van der Waals surface area contributed by atoms with Crippen LogP contribution in [0.1, 0.15) is 11.1 Å². The molecule has 1 saturated heterocycles. The molecule has 3 aromatic carbocycles. The second-order valence-corrected chi connectivity index (χ2v) is 8.85. The second kappa shape index (κ2) is 10.5. The van der Waals surface area contributed by atoms with Crippen molar-refractivity contribution in [1.29, 1.82) is 0 Å². The number of aromatic hydroxyl groups is 1. The number of aryl methyl sites for hydroxylation is 1. The van der Waals surface area contributed by atoms with Crippen LogP contribution in [0.4, 0.5) is 16.2 Å². The van der Waals surface area contributed by atoms with Gasteiger partial charge >= 0.3 is 0 Å². The summed E-state index contributed by atoms with van der Waals surface area (Å²) in [5, 5.41) is 18.7. The third-order valence-corrected chi connectivity index (χ3v) is 6.01. The van der Waals surface area contributed by atoms with Gasteiger partial charge in [-0.05, 0) is 73.3 Å². The summed E-state index contributed by atoms with van der Waals surface area (Å²) in [5.41, 5.74) is 2.51. The van der Waals surface area contributed by atoms with Crippen LogP contribution in [0.2, 0.25) is 5.02 Å². The van der Waals surface area contributed by atoms with Crippen LogP contribution in [0.25, 0.3) is 6.08 Å². The number of rotatable bonds is 7. The molecule has 0 unspecified atom stereocenters. The van der Waals surface area contributed by atoms with Crippen LogP contribution in [0.3, 0.4) is 0 Å². The minimum absolute atomic E-state index is 0.0452. The fourth-order valence-corrected chi connectivity index (χ4v) is 4.14. The summed E-state index contributed by atoms with van der Waals surface area (Å²) in [6.07, 6.45) is 1.47. The standard InChI is InChI=1S/C25H20ClN3O4S/c1-16-5-8-21(9-6-16)33-12-11-29-24(31)23(34-25(29)32)14-17-13-20(7-10-22(17)30)28-27-19-4-2-3-18(26)15-19/h2-10,13-15,30H,11-12H2,1H3/b23-14-,28-27?. The normalized spacial score (nSPS) is 15.0. The molecule has 0 aromatic heterocycles. The molecule has 1 heterocycles. The first-order chi connectivity index (χ1) is 16.4. The van der Waals surface area contributed by atoms with Gasteiger partial charge in [0.15, 0.2) is 0 Å². The molecule has 0 aliphatic carbocycles. The molecule has 4 rings (SSSR count). The molecule has 0 bridgehead atoms. The topological polar surface area (TPSA) is 91.6 Å². The molecule has 9 heteroatoms. The molecule has 3 aromatic rings. The average molecular weight is 494 g/mol. The molecule has 7 nitrogen and oxygen atoms in total. The average Bonchev–Trinajstić information content (AvgIpc) is 3.08. The molecule has 172 valence electrons. The fourth-order valence-electron chi connectivity index (χ4n) is 3.10. The number of amides is 2. The van der Waals surface area contributed by atoms with Crippen molar-refractivity contribution in [3.05, 3.63) is 87.8 Å². The number of nitrogens with zero attached hydrogens (tertiary/aromatic N) is 3.